The second-order valence-electron chi connectivity index (χ2n) is 7.04. The summed E-state index contributed by atoms with van der Waals surface area (Å²) in [5, 5.41) is 6.31. The number of carbonyl (C=O) groups excluding carboxylic acids is 1. The minimum Gasteiger partial charge on any atom is -0.497 e. The van der Waals surface area contributed by atoms with Crippen molar-refractivity contribution >= 4 is 22.9 Å². The Bertz CT molecular complexity index is 1080. The topological polar surface area (TPSA) is 84.0 Å². The minimum atomic E-state index is -0.416. The maximum Gasteiger partial charge on any atom is 0.258 e. The molecule has 1 fully saturated rings. The fourth-order valence-corrected chi connectivity index (χ4v) is 3.70. The lowest BCUT2D eigenvalue weighted by Crippen LogP contribution is -2.41. The van der Waals surface area contributed by atoms with Gasteiger partial charge < -0.3 is 9.47 Å². The van der Waals surface area contributed by atoms with Gasteiger partial charge >= 0.3 is 0 Å². The maximum absolute atomic E-state index is 12.6. The quantitative estimate of drug-likeness (QED) is 0.435. The van der Waals surface area contributed by atoms with E-state index in [2.05, 4.69) is 33.5 Å². The monoisotopic (exact) mass is 404 g/mol. The molecule has 1 aliphatic heterocycles. The fourth-order valence-electron chi connectivity index (χ4n) is 3.70. The van der Waals surface area contributed by atoms with E-state index in [4.69, 9.17) is 9.47 Å². The summed E-state index contributed by atoms with van der Waals surface area (Å²) in [5.74, 6) is 1.33. The van der Waals surface area contributed by atoms with Crippen molar-refractivity contribution in [2.45, 2.75) is 18.5 Å². The van der Waals surface area contributed by atoms with E-state index in [9.17, 15) is 4.79 Å². The highest BCUT2D eigenvalue weighted by atomic mass is 16.5. The zero-order valence-corrected chi connectivity index (χ0v) is 16.9. The van der Waals surface area contributed by atoms with Crippen molar-refractivity contribution in [3.63, 3.8) is 0 Å². The number of amides is 1. The lowest BCUT2D eigenvalue weighted by molar-refractivity contribution is -0.122. The summed E-state index contributed by atoms with van der Waals surface area (Å²) in [6, 6.07) is 19.1. The van der Waals surface area contributed by atoms with E-state index in [-0.39, 0.29) is 11.9 Å². The number of hydrogen-bond donors (Lipinski definition) is 3. The first-order valence-electron chi connectivity index (χ1n) is 9.73. The third-order valence-electron chi connectivity index (χ3n) is 5.20. The van der Waals surface area contributed by atoms with Crippen LogP contribution in [0.25, 0.3) is 10.8 Å². The molecule has 0 radical (unpaired) electrons. The van der Waals surface area contributed by atoms with Gasteiger partial charge in [0.05, 0.1) is 26.5 Å². The number of hydrazine groups is 1. The molecule has 0 saturated carbocycles. The van der Waals surface area contributed by atoms with Crippen molar-refractivity contribution < 1.29 is 14.3 Å². The molecular weight excluding hydrogens is 380 g/mol. The van der Waals surface area contributed by atoms with Gasteiger partial charge in [-0.15, -0.1) is 0 Å². The van der Waals surface area contributed by atoms with Crippen molar-refractivity contribution in [3.05, 3.63) is 71.8 Å². The summed E-state index contributed by atoms with van der Waals surface area (Å²) in [6.07, 6.45) is 2.17. The Morgan fingerprint density at radius 3 is 2.77 bits per heavy atom. The first-order valence-corrected chi connectivity index (χ1v) is 9.73. The van der Waals surface area contributed by atoms with Gasteiger partial charge in [-0.3, -0.25) is 4.79 Å². The van der Waals surface area contributed by atoms with E-state index < -0.39 is 6.04 Å². The van der Waals surface area contributed by atoms with Crippen LogP contribution in [0.3, 0.4) is 0 Å². The molecule has 1 heterocycles. The van der Waals surface area contributed by atoms with E-state index in [0.717, 1.165) is 33.4 Å². The third kappa shape index (κ3) is 4.12. The number of ether oxygens (including phenoxy) is 2. The molecule has 4 rings (SSSR count). The van der Waals surface area contributed by atoms with E-state index in [1.54, 1.807) is 20.4 Å². The van der Waals surface area contributed by atoms with Crippen molar-refractivity contribution in [3.8, 4) is 11.5 Å². The van der Waals surface area contributed by atoms with Crippen molar-refractivity contribution in [1.29, 1.82) is 0 Å². The van der Waals surface area contributed by atoms with Gasteiger partial charge in [-0.25, -0.2) is 16.3 Å². The molecule has 1 saturated heterocycles. The third-order valence-corrected chi connectivity index (χ3v) is 5.20. The van der Waals surface area contributed by atoms with Crippen LogP contribution in [0.15, 0.2) is 65.8 Å². The molecule has 2 unspecified atom stereocenters. The first kappa shape index (κ1) is 19.9. The number of nitrogens with zero attached hydrogens (tertiary/aromatic N) is 1. The summed E-state index contributed by atoms with van der Waals surface area (Å²) in [5.41, 5.74) is 10.8. The highest BCUT2D eigenvalue weighted by molar-refractivity contribution is 5.89. The lowest BCUT2D eigenvalue weighted by Gasteiger charge is -2.17. The van der Waals surface area contributed by atoms with E-state index in [1.807, 2.05) is 48.5 Å². The van der Waals surface area contributed by atoms with Crippen molar-refractivity contribution in [2.24, 2.45) is 5.10 Å². The Hall–Kier alpha value is -3.42. The van der Waals surface area contributed by atoms with E-state index >= 15 is 0 Å². The SMILES string of the molecule is COc1cccc(/C=N/NC(=O)C2CC(c3c(OC)ccc4ccccc34)NN2)c1. The number of rotatable bonds is 6. The van der Waals surface area contributed by atoms with Crippen molar-refractivity contribution in [1.82, 2.24) is 16.3 Å². The van der Waals surface area contributed by atoms with Crippen LogP contribution in [0, 0.1) is 0 Å². The lowest BCUT2D eigenvalue weighted by atomic mass is 9.95. The Balaban J connectivity index is 1.45. The van der Waals surface area contributed by atoms with Gasteiger partial charge in [0.15, 0.2) is 0 Å². The van der Waals surface area contributed by atoms with Crippen LogP contribution in [-0.4, -0.2) is 32.4 Å². The second-order valence-corrected chi connectivity index (χ2v) is 7.04. The Morgan fingerprint density at radius 2 is 1.93 bits per heavy atom. The predicted molar refractivity (Wildman–Crippen MR) is 117 cm³/mol. The fraction of sp³-hybridized carbons (Fsp3) is 0.217. The number of benzene rings is 3. The molecule has 0 aromatic heterocycles. The van der Waals surface area contributed by atoms with E-state index in [0.29, 0.717) is 6.42 Å². The number of carbonyl (C=O) groups is 1. The van der Waals surface area contributed by atoms with Crippen LogP contribution < -0.4 is 25.8 Å². The predicted octanol–water partition coefficient (Wildman–Crippen LogP) is 2.91. The molecule has 0 spiro atoms. The number of methoxy groups -OCH3 is 2. The molecule has 3 aromatic carbocycles. The van der Waals surface area contributed by atoms with Crippen LogP contribution in [0.5, 0.6) is 11.5 Å². The minimum absolute atomic E-state index is 0.0656. The van der Waals surface area contributed by atoms with Gasteiger partial charge in [-0.1, -0.05) is 42.5 Å². The molecule has 0 bridgehead atoms. The van der Waals surface area contributed by atoms with Crippen molar-refractivity contribution in [2.75, 3.05) is 14.2 Å². The first-order chi connectivity index (χ1) is 14.7. The second kappa shape index (κ2) is 8.94. The molecule has 0 aliphatic carbocycles. The molecule has 2 atom stereocenters. The largest absolute Gasteiger partial charge is 0.497 e. The smallest absolute Gasteiger partial charge is 0.258 e. The van der Waals surface area contributed by atoms with Gasteiger partial charge in [0.2, 0.25) is 0 Å². The van der Waals surface area contributed by atoms with Crippen LogP contribution >= 0.6 is 0 Å². The van der Waals surface area contributed by atoms with Gasteiger partial charge in [0.1, 0.15) is 17.5 Å². The van der Waals surface area contributed by atoms with Gasteiger partial charge in [-0.05, 0) is 41.0 Å². The normalized spacial score (nSPS) is 18.6. The highest BCUT2D eigenvalue weighted by Gasteiger charge is 2.32. The number of nitrogens with one attached hydrogen (secondary N) is 3. The molecule has 7 nitrogen and oxygen atoms in total. The molecular formula is C23H24N4O3. The van der Waals surface area contributed by atoms with Gasteiger partial charge in [0, 0.05) is 5.56 Å². The molecule has 1 aliphatic rings. The van der Waals surface area contributed by atoms with E-state index in [1.165, 1.54) is 0 Å². The van der Waals surface area contributed by atoms with Crippen LogP contribution in [0.1, 0.15) is 23.6 Å². The molecule has 7 heteroatoms. The highest BCUT2D eigenvalue weighted by Crippen LogP contribution is 2.36. The maximum atomic E-state index is 12.6. The Kier molecular flexibility index (Phi) is 5.92. The number of hydrazone groups is 1. The van der Waals surface area contributed by atoms with Crippen LogP contribution in [0.4, 0.5) is 0 Å². The molecule has 154 valence electrons. The summed E-state index contributed by atoms with van der Waals surface area (Å²) in [7, 11) is 3.27. The molecule has 3 aromatic rings. The average molecular weight is 404 g/mol. The van der Waals surface area contributed by atoms with Crippen LogP contribution in [0.2, 0.25) is 0 Å². The number of fused-ring (bicyclic) bond motifs is 1. The zero-order valence-electron chi connectivity index (χ0n) is 16.9. The zero-order chi connectivity index (χ0) is 20.9. The standard InChI is InChI=1S/C23H24N4O3/c1-29-17-8-5-6-15(12-17)14-24-27-23(28)20-13-19(25-26-20)22-18-9-4-3-7-16(18)10-11-21(22)30-2/h3-12,14,19-20,25-26H,13H2,1-2H3,(H,27,28)/b24-14+. The molecule has 3 N–H and O–H groups in total. The van der Waals surface area contributed by atoms with Gasteiger partial charge in [-0.2, -0.15) is 5.10 Å². The summed E-state index contributed by atoms with van der Waals surface area (Å²) in [6.45, 7) is 0. The Labute approximate surface area is 175 Å². The summed E-state index contributed by atoms with van der Waals surface area (Å²) in [4.78, 5) is 12.6. The number of hydrogen-bond acceptors (Lipinski definition) is 6. The average Bonchev–Trinajstić information content (AvgIpc) is 3.28. The van der Waals surface area contributed by atoms with Crippen LogP contribution in [-0.2, 0) is 4.79 Å². The molecule has 1 amide bonds. The summed E-state index contributed by atoms with van der Waals surface area (Å²) < 4.78 is 10.8. The van der Waals surface area contributed by atoms with Gasteiger partial charge in [0.25, 0.3) is 5.91 Å². The Morgan fingerprint density at radius 1 is 1.07 bits per heavy atom. The summed E-state index contributed by atoms with van der Waals surface area (Å²) >= 11 is 0. The molecule has 30 heavy (non-hydrogen) atoms.